The van der Waals surface area contributed by atoms with Crippen LogP contribution in [0.15, 0.2) is 42.2 Å². The van der Waals surface area contributed by atoms with E-state index in [0.717, 1.165) is 42.4 Å². The average molecular weight is 383 g/mol. The minimum atomic E-state index is 0.0473. The molecule has 140 valence electrons. The molecule has 4 rings (SSSR count). The van der Waals surface area contributed by atoms with Crippen molar-refractivity contribution in [2.75, 3.05) is 0 Å². The fourth-order valence-corrected chi connectivity index (χ4v) is 4.38. The molecular formula is C23H23ClO3. The maximum atomic E-state index is 12.9. The van der Waals surface area contributed by atoms with Crippen molar-refractivity contribution in [3.63, 3.8) is 0 Å². The number of rotatable bonds is 4. The maximum Gasteiger partial charge on any atom is 0.169 e. The third kappa shape index (κ3) is 3.25. The second-order valence-corrected chi connectivity index (χ2v) is 7.92. The van der Waals surface area contributed by atoms with E-state index in [-0.39, 0.29) is 23.4 Å². The van der Waals surface area contributed by atoms with Crippen LogP contribution in [-0.4, -0.2) is 10.9 Å². The predicted octanol–water partition coefficient (Wildman–Crippen LogP) is 6.27. The lowest BCUT2D eigenvalue weighted by Crippen LogP contribution is -2.21. The van der Waals surface area contributed by atoms with Crippen molar-refractivity contribution in [1.82, 2.24) is 0 Å². The van der Waals surface area contributed by atoms with Crippen LogP contribution in [0, 0.1) is 18.8 Å². The van der Waals surface area contributed by atoms with E-state index in [4.69, 9.17) is 16.3 Å². The van der Waals surface area contributed by atoms with Gasteiger partial charge in [-0.2, -0.15) is 0 Å². The number of carbonyl (C=O) groups excluding carboxylic acids is 1. The standard InChI is InChI=1S/C23H23ClO3/c1-3-14-7-9-17(27-18-8-4-13(2)20(24)12-18)11-19(14)21-22(25)15-5-6-16(10-15)23(21)26/h4,7-9,11-12,15-16,25H,3,5-6,10H2,1-2H3/t15-,16+/m0/s1. The number of halogens is 1. The number of fused-ring (bicyclic) bond motifs is 2. The molecular weight excluding hydrogens is 360 g/mol. The number of ether oxygens (including phenoxy) is 1. The van der Waals surface area contributed by atoms with E-state index in [2.05, 4.69) is 6.92 Å². The van der Waals surface area contributed by atoms with Crippen molar-refractivity contribution in [3.8, 4) is 11.5 Å². The summed E-state index contributed by atoms with van der Waals surface area (Å²) in [5, 5.41) is 11.4. The Labute approximate surface area is 164 Å². The highest BCUT2D eigenvalue weighted by molar-refractivity contribution is 6.31. The molecule has 0 unspecified atom stereocenters. The molecule has 0 heterocycles. The number of carbonyl (C=O) groups is 1. The zero-order valence-electron chi connectivity index (χ0n) is 15.6. The molecule has 2 aromatic carbocycles. The van der Waals surface area contributed by atoms with Crippen molar-refractivity contribution >= 4 is 23.0 Å². The number of ketones is 1. The van der Waals surface area contributed by atoms with Gasteiger partial charge in [0.05, 0.1) is 5.57 Å². The molecule has 2 atom stereocenters. The van der Waals surface area contributed by atoms with Crippen LogP contribution in [-0.2, 0) is 11.2 Å². The number of aliphatic hydroxyl groups excluding tert-OH is 1. The number of aliphatic hydroxyl groups is 1. The molecule has 3 nitrogen and oxygen atoms in total. The van der Waals surface area contributed by atoms with E-state index >= 15 is 0 Å². The van der Waals surface area contributed by atoms with Gasteiger partial charge in [0, 0.05) is 16.9 Å². The summed E-state index contributed by atoms with van der Waals surface area (Å²) in [7, 11) is 0. The van der Waals surface area contributed by atoms with E-state index in [1.165, 1.54) is 0 Å². The van der Waals surface area contributed by atoms with Crippen molar-refractivity contribution in [2.24, 2.45) is 11.8 Å². The number of allylic oxidation sites excluding steroid dienone is 2. The lowest BCUT2D eigenvalue weighted by atomic mass is 9.81. The SMILES string of the molecule is CCc1ccc(Oc2ccc(C)c(Cl)c2)cc1C1=C(O)[C@H]2CC[C@H](C2)C1=O. The Morgan fingerprint density at radius 3 is 2.56 bits per heavy atom. The molecule has 0 spiro atoms. The molecule has 2 bridgehead atoms. The maximum absolute atomic E-state index is 12.9. The predicted molar refractivity (Wildman–Crippen MR) is 107 cm³/mol. The molecule has 0 saturated heterocycles. The van der Waals surface area contributed by atoms with E-state index < -0.39 is 0 Å². The minimum absolute atomic E-state index is 0.0473. The summed E-state index contributed by atoms with van der Waals surface area (Å²) >= 11 is 6.19. The van der Waals surface area contributed by atoms with Crippen LogP contribution in [0.4, 0.5) is 0 Å². The Bertz CT molecular complexity index is 945. The second-order valence-electron chi connectivity index (χ2n) is 7.52. The number of aryl methyl sites for hydroxylation is 2. The fraction of sp³-hybridized carbons (Fsp3) is 0.348. The Morgan fingerprint density at radius 2 is 1.81 bits per heavy atom. The summed E-state index contributed by atoms with van der Waals surface area (Å²) in [6.45, 7) is 4.00. The summed E-state index contributed by atoms with van der Waals surface area (Å²) < 4.78 is 5.98. The number of hydrogen-bond donors (Lipinski definition) is 1. The zero-order chi connectivity index (χ0) is 19.1. The topological polar surface area (TPSA) is 46.5 Å². The van der Waals surface area contributed by atoms with E-state index in [9.17, 15) is 9.90 Å². The summed E-state index contributed by atoms with van der Waals surface area (Å²) in [5.74, 6) is 1.78. The Kier molecular flexibility index (Phi) is 4.73. The number of benzene rings is 2. The van der Waals surface area contributed by atoms with Crippen LogP contribution < -0.4 is 4.74 Å². The van der Waals surface area contributed by atoms with Crippen LogP contribution in [0.2, 0.25) is 5.02 Å². The van der Waals surface area contributed by atoms with Crippen LogP contribution in [0.25, 0.3) is 5.57 Å². The third-order valence-corrected chi connectivity index (χ3v) is 6.21. The normalized spacial score (nSPS) is 21.7. The molecule has 2 aliphatic rings. The number of hydrogen-bond acceptors (Lipinski definition) is 3. The summed E-state index contributed by atoms with van der Waals surface area (Å²) in [5.41, 5.74) is 3.33. The third-order valence-electron chi connectivity index (χ3n) is 5.80. The molecule has 1 N–H and O–H groups in total. The van der Waals surface area contributed by atoms with Crippen LogP contribution >= 0.6 is 11.6 Å². The van der Waals surface area contributed by atoms with Gasteiger partial charge >= 0.3 is 0 Å². The Balaban J connectivity index is 1.74. The largest absolute Gasteiger partial charge is 0.511 e. The molecule has 0 aromatic heterocycles. The lowest BCUT2D eigenvalue weighted by molar-refractivity contribution is -0.117. The Hall–Kier alpha value is -2.26. The van der Waals surface area contributed by atoms with Gasteiger partial charge in [-0.05, 0) is 73.6 Å². The highest BCUT2D eigenvalue weighted by atomic mass is 35.5. The van der Waals surface area contributed by atoms with Crippen molar-refractivity contribution < 1.29 is 14.6 Å². The summed E-state index contributed by atoms with van der Waals surface area (Å²) in [6, 6.07) is 11.3. The van der Waals surface area contributed by atoms with Crippen molar-refractivity contribution in [2.45, 2.75) is 39.5 Å². The monoisotopic (exact) mass is 382 g/mol. The quantitative estimate of drug-likeness (QED) is 0.677. The van der Waals surface area contributed by atoms with Gasteiger partial charge in [-0.3, -0.25) is 4.79 Å². The highest BCUT2D eigenvalue weighted by Gasteiger charge is 2.41. The minimum Gasteiger partial charge on any atom is -0.511 e. The fourth-order valence-electron chi connectivity index (χ4n) is 4.21. The van der Waals surface area contributed by atoms with Gasteiger partial charge < -0.3 is 9.84 Å². The lowest BCUT2D eigenvalue weighted by Gasteiger charge is -2.23. The van der Waals surface area contributed by atoms with E-state index in [1.54, 1.807) is 6.07 Å². The van der Waals surface area contributed by atoms with Crippen LogP contribution in [0.5, 0.6) is 11.5 Å². The first-order chi connectivity index (χ1) is 13.0. The van der Waals surface area contributed by atoms with Gasteiger partial charge in [-0.25, -0.2) is 0 Å². The van der Waals surface area contributed by atoms with Crippen LogP contribution in [0.3, 0.4) is 0 Å². The number of Topliss-reactive ketones (excluding diaryl/α,β-unsaturated/α-hetero) is 1. The van der Waals surface area contributed by atoms with Gasteiger partial charge in [-0.1, -0.05) is 30.7 Å². The smallest absolute Gasteiger partial charge is 0.169 e. The average Bonchev–Trinajstić information content (AvgIpc) is 3.11. The van der Waals surface area contributed by atoms with Crippen molar-refractivity contribution in [3.05, 3.63) is 63.9 Å². The first-order valence-corrected chi connectivity index (χ1v) is 9.90. The summed E-state index contributed by atoms with van der Waals surface area (Å²) in [6.07, 6.45) is 3.33. The van der Waals surface area contributed by atoms with Gasteiger partial charge in [-0.15, -0.1) is 0 Å². The molecule has 1 saturated carbocycles. The van der Waals surface area contributed by atoms with Crippen LogP contribution in [0.1, 0.15) is 42.9 Å². The molecule has 0 amide bonds. The highest BCUT2D eigenvalue weighted by Crippen LogP contribution is 2.46. The second kappa shape index (κ2) is 7.05. The van der Waals surface area contributed by atoms with Gasteiger partial charge in [0.1, 0.15) is 17.3 Å². The van der Waals surface area contributed by atoms with Crippen molar-refractivity contribution in [1.29, 1.82) is 0 Å². The van der Waals surface area contributed by atoms with Gasteiger partial charge in [0.2, 0.25) is 0 Å². The molecule has 0 radical (unpaired) electrons. The molecule has 0 aliphatic heterocycles. The molecule has 27 heavy (non-hydrogen) atoms. The molecule has 4 heteroatoms. The molecule has 2 aromatic rings. The van der Waals surface area contributed by atoms with E-state index in [1.807, 2.05) is 37.3 Å². The van der Waals surface area contributed by atoms with E-state index in [0.29, 0.717) is 22.1 Å². The first-order valence-electron chi connectivity index (χ1n) is 9.52. The van der Waals surface area contributed by atoms with Gasteiger partial charge in [0.15, 0.2) is 5.78 Å². The first kappa shape index (κ1) is 18.1. The Morgan fingerprint density at radius 1 is 1.11 bits per heavy atom. The molecule has 2 aliphatic carbocycles. The van der Waals surface area contributed by atoms with Gasteiger partial charge in [0.25, 0.3) is 0 Å². The zero-order valence-corrected chi connectivity index (χ0v) is 16.3. The molecule has 1 fully saturated rings. The summed E-state index contributed by atoms with van der Waals surface area (Å²) in [4.78, 5) is 12.9.